The Balaban J connectivity index is 1.39. The molecule has 0 radical (unpaired) electrons. The second kappa shape index (κ2) is 10.4. The number of halogens is 1. The summed E-state index contributed by atoms with van der Waals surface area (Å²) in [6.45, 7) is 8.72. The molecule has 2 aliphatic heterocycles. The molecule has 7 nitrogen and oxygen atoms in total. The van der Waals surface area contributed by atoms with E-state index in [2.05, 4.69) is 4.90 Å². The molecule has 9 heteroatoms. The molecule has 196 valence electrons. The summed E-state index contributed by atoms with van der Waals surface area (Å²) < 4.78 is 50.9. The largest absolute Gasteiger partial charge is 0.493 e. The summed E-state index contributed by atoms with van der Waals surface area (Å²) in [5.41, 5.74) is 0.484. The second-order valence-electron chi connectivity index (χ2n) is 10.6. The van der Waals surface area contributed by atoms with Crippen LogP contribution in [0.1, 0.15) is 51.5 Å². The Labute approximate surface area is 213 Å². The van der Waals surface area contributed by atoms with Crippen molar-refractivity contribution in [2.75, 3.05) is 33.3 Å². The molecule has 1 amide bonds. The van der Waals surface area contributed by atoms with E-state index in [-0.39, 0.29) is 27.8 Å². The first-order valence-corrected chi connectivity index (χ1v) is 13.9. The number of amides is 1. The second-order valence-corrected chi connectivity index (χ2v) is 12.6. The lowest BCUT2D eigenvalue weighted by Gasteiger charge is -2.29. The number of carbonyl (C=O) groups excluding carboxylic acids is 1. The summed E-state index contributed by atoms with van der Waals surface area (Å²) in [5, 5.41) is 0. The van der Waals surface area contributed by atoms with E-state index < -0.39 is 21.3 Å². The van der Waals surface area contributed by atoms with E-state index in [4.69, 9.17) is 9.47 Å². The zero-order valence-electron chi connectivity index (χ0n) is 21.4. The average molecular weight is 519 g/mol. The molecule has 2 aromatic carbocycles. The topological polar surface area (TPSA) is 76.2 Å². The molecule has 1 fully saturated rings. The van der Waals surface area contributed by atoms with Crippen LogP contribution in [0.15, 0.2) is 52.3 Å². The molecule has 2 heterocycles. The van der Waals surface area contributed by atoms with Gasteiger partial charge < -0.3 is 19.3 Å². The van der Waals surface area contributed by atoms with Crippen LogP contribution in [0.5, 0.6) is 5.75 Å². The van der Waals surface area contributed by atoms with Crippen LogP contribution in [-0.2, 0) is 14.6 Å². The minimum atomic E-state index is -3.84. The molecule has 2 atom stereocenters. The van der Waals surface area contributed by atoms with E-state index in [0.717, 1.165) is 50.5 Å². The fourth-order valence-corrected chi connectivity index (χ4v) is 6.14. The fraction of sp³-hybridized carbons (Fsp3) is 0.519. The molecular weight excluding hydrogens is 483 g/mol. The molecule has 0 aliphatic carbocycles. The number of benzene rings is 2. The molecule has 0 saturated carbocycles. The van der Waals surface area contributed by atoms with Gasteiger partial charge in [-0.25, -0.2) is 17.6 Å². The molecule has 0 N–H and O–H groups in total. The number of hydrogen-bond acceptors (Lipinski definition) is 6. The molecule has 2 aliphatic rings. The van der Waals surface area contributed by atoms with Gasteiger partial charge in [0.2, 0.25) is 9.84 Å². The van der Waals surface area contributed by atoms with Crippen molar-refractivity contribution in [3.63, 3.8) is 0 Å². The van der Waals surface area contributed by atoms with Gasteiger partial charge in [-0.3, -0.25) is 0 Å². The zero-order chi connectivity index (χ0) is 26.1. The molecule has 2 aromatic rings. The monoisotopic (exact) mass is 518 g/mol. The first kappa shape index (κ1) is 26.4. The van der Waals surface area contributed by atoms with Crippen molar-refractivity contribution in [3.05, 3.63) is 53.8 Å². The third-order valence-corrected chi connectivity index (χ3v) is 8.58. The summed E-state index contributed by atoms with van der Waals surface area (Å²) >= 11 is 0. The maximum atomic E-state index is 13.6. The van der Waals surface area contributed by atoms with Crippen LogP contribution < -0.4 is 4.74 Å². The fourth-order valence-electron chi connectivity index (χ4n) is 4.83. The normalized spacial score (nSPS) is 20.5. The van der Waals surface area contributed by atoms with Gasteiger partial charge in [-0.1, -0.05) is 12.1 Å². The molecular formula is C27H35FN2O5S. The van der Waals surface area contributed by atoms with Crippen molar-refractivity contribution < 1.29 is 27.1 Å². The van der Waals surface area contributed by atoms with E-state index in [1.54, 1.807) is 24.1 Å². The summed E-state index contributed by atoms with van der Waals surface area (Å²) in [4.78, 5) is 16.5. The maximum absolute atomic E-state index is 13.6. The predicted octanol–water partition coefficient (Wildman–Crippen LogP) is 4.86. The highest BCUT2D eigenvalue weighted by Crippen LogP contribution is 2.38. The lowest BCUT2D eigenvalue weighted by Crippen LogP contribution is -2.42. The van der Waals surface area contributed by atoms with Gasteiger partial charge in [0.1, 0.15) is 17.2 Å². The first-order chi connectivity index (χ1) is 16.9. The molecule has 0 spiro atoms. The third kappa shape index (κ3) is 6.00. The third-order valence-electron chi connectivity index (χ3n) is 6.84. The van der Waals surface area contributed by atoms with Crippen LogP contribution in [0.25, 0.3) is 0 Å². The zero-order valence-corrected chi connectivity index (χ0v) is 22.2. The van der Waals surface area contributed by atoms with Crippen molar-refractivity contribution >= 4 is 15.9 Å². The number of rotatable bonds is 6. The van der Waals surface area contributed by atoms with E-state index in [0.29, 0.717) is 12.4 Å². The van der Waals surface area contributed by atoms with Crippen LogP contribution in [0.4, 0.5) is 9.18 Å². The number of nitrogens with zero attached hydrogens (tertiary/aromatic N) is 2. The van der Waals surface area contributed by atoms with Crippen molar-refractivity contribution in [2.45, 2.75) is 67.4 Å². The maximum Gasteiger partial charge on any atom is 0.410 e. The van der Waals surface area contributed by atoms with Gasteiger partial charge in [0.15, 0.2) is 0 Å². The quantitative estimate of drug-likeness (QED) is 0.544. The summed E-state index contributed by atoms with van der Waals surface area (Å²) in [6, 6.07) is 10.1. The number of fused-ring (bicyclic) bond motifs is 1. The van der Waals surface area contributed by atoms with Gasteiger partial charge in [0, 0.05) is 26.2 Å². The Hall–Kier alpha value is -2.65. The Bertz CT molecular complexity index is 1210. The van der Waals surface area contributed by atoms with E-state index in [9.17, 15) is 17.6 Å². The smallest absolute Gasteiger partial charge is 0.410 e. The highest BCUT2D eigenvalue weighted by Gasteiger charge is 2.32. The minimum Gasteiger partial charge on any atom is -0.493 e. The van der Waals surface area contributed by atoms with Gasteiger partial charge in [0.25, 0.3) is 0 Å². The van der Waals surface area contributed by atoms with Crippen LogP contribution in [0, 0.1) is 5.82 Å². The van der Waals surface area contributed by atoms with Gasteiger partial charge in [0.05, 0.1) is 16.4 Å². The van der Waals surface area contributed by atoms with Crippen LogP contribution in [0.2, 0.25) is 0 Å². The number of hydrogen-bond donors (Lipinski definition) is 0. The summed E-state index contributed by atoms with van der Waals surface area (Å²) in [7, 11) is -2.04. The van der Waals surface area contributed by atoms with Crippen LogP contribution >= 0.6 is 0 Å². The Morgan fingerprint density at radius 2 is 1.92 bits per heavy atom. The number of ether oxygens (including phenoxy) is 2. The minimum absolute atomic E-state index is 0.0743. The summed E-state index contributed by atoms with van der Waals surface area (Å²) in [6.07, 6.45) is 2.38. The van der Waals surface area contributed by atoms with Crippen molar-refractivity contribution in [3.8, 4) is 5.75 Å². The Kier molecular flexibility index (Phi) is 7.61. The Morgan fingerprint density at radius 1 is 1.17 bits per heavy atom. The van der Waals surface area contributed by atoms with Crippen LogP contribution in [-0.4, -0.2) is 69.2 Å². The first-order valence-electron chi connectivity index (χ1n) is 12.4. The van der Waals surface area contributed by atoms with Gasteiger partial charge in [-0.15, -0.1) is 0 Å². The van der Waals surface area contributed by atoms with E-state index >= 15 is 0 Å². The van der Waals surface area contributed by atoms with Gasteiger partial charge >= 0.3 is 6.09 Å². The lowest BCUT2D eigenvalue weighted by atomic mass is 9.90. The predicted molar refractivity (Wildman–Crippen MR) is 135 cm³/mol. The molecule has 0 aromatic heterocycles. The SMILES string of the molecule is CN(C(=O)OC(C)(C)C)C1CCN(CCC2CCOc3cc(S(=O)(=O)c4cccc(F)c4)ccc32)C1. The van der Waals surface area contributed by atoms with Gasteiger partial charge in [-0.05, 0) is 88.4 Å². The number of likely N-dealkylation sites (tertiary alicyclic amines) is 1. The number of likely N-dealkylation sites (N-methyl/N-ethyl adjacent to an activating group) is 1. The standard InChI is InChI=1S/C27H35FN2O5S/c1-27(2,3)35-26(31)29(4)21-11-14-30(18-21)13-10-19-12-15-34-25-17-23(8-9-24(19)25)36(32,33)22-7-5-6-20(28)16-22/h5-9,16-17,19,21H,10-15,18H2,1-4H3. The number of carbonyl (C=O) groups is 1. The lowest BCUT2D eigenvalue weighted by molar-refractivity contribution is 0.0228. The highest BCUT2D eigenvalue weighted by atomic mass is 32.2. The molecule has 4 rings (SSSR count). The molecule has 0 bridgehead atoms. The molecule has 1 saturated heterocycles. The van der Waals surface area contributed by atoms with Crippen molar-refractivity contribution in [1.29, 1.82) is 0 Å². The highest BCUT2D eigenvalue weighted by molar-refractivity contribution is 7.91. The Morgan fingerprint density at radius 3 is 2.64 bits per heavy atom. The number of sulfone groups is 1. The summed E-state index contributed by atoms with van der Waals surface area (Å²) in [5.74, 6) is 0.238. The van der Waals surface area contributed by atoms with Crippen molar-refractivity contribution in [1.82, 2.24) is 9.80 Å². The van der Waals surface area contributed by atoms with Gasteiger partial charge in [-0.2, -0.15) is 0 Å². The average Bonchev–Trinajstić information content (AvgIpc) is 3.29. The van der Waals surface area contributed by atoms with Crippen LogP contribution in [0.3, 0.4) is 0 Å². The van der Waals surface area contributed by atoms with E-state index in [1.165, 1.54) is 18.2 Å². The van der Waals surface area contributed by atoms with Crippen molar-refractivity contribution in [2.24, 2.45) is 0 Å². The molecule has 36 heavy (non-hydrogen) atoms. The molecule has 2 unspecified atom stereocenters. The van der Waals surface area contributed by atoms with E-state index in [1.807, 2.05) is 26.8 Å².